The molecule has 0 saturated carbocycles. The van der Waals surface area contributed by atoms with E-state index in [2.05, 4.69) is 10.3 Å². The average molecular weight is 409 g/mol. The Morgan fingerprint density at radius 2 is 2.07 bits per heavy atom. The maximum Gasteiger partial charge on any atom is 0.261 e. The number of rotatable bonds is 4. The van der Waals surface area contributed by atoms with Crippen LogP contribution in [-0.4, -0.2) is 23.3 Å². The van der Waals surface area contributed by atoms with Gasteiger partial charge in [0.05, 0.1) is 11.3 Å². The number of aromatic nitrogens is 1. The van der Waals surface area contributed by atoms with Crippen LogP contribution >= 0.6 is 11.3 Å². The van der Waals surface area contributed by atoms with E-state index in [9.17, 15) is 14.0 Å². The second-order valence-electron chi connectivity index (χ2n) is 6.82. The molecule has 0 aliphatic carbocycles. The van der Waals surface area contributed by atoms with Crippen LogP contribution in [0.4, 0.5) is 15.2 Å². The van der Waals surface area contributed by atoms with E-state index in [-0.39, 0.29) is 17.4 Å². The van der Waals surface area contributed by atoms with Gasteiger partial charge in [-0.25, -0.2) is 9.37 Å². The molecule has 1 aliphatic heterocycles. The number of amides is 2. The zero-order valence-corrected chi connectivity index (χ0v) is 16.8. The number of carbonyl (C=O) groups excluding carboxylic acids is 2. The van der Waals surface area contributed by atoms with Gasteiger partial charge in [0.15, 0.2) is 5.13 Å². The molecule has 2 heterocycles. The van der Waals surface area contributed by atoms with Gasteiger partial charge >= 0.3 is 0 Å². The number of nitrogens with zero attached hydrogens (tertiary/aromatic N) is 2. The van der Waals surface area contributed by atoms with E-state index in [1.165, 1.54) is 23.5 Å². The minimum absolute atomic E-state index is 0.0707. The van der Waals surface area contributed by atoms with Crippen LogP contribution in [0.5, 0.6) is 0 Å². The first-order valence-electron chi connectivity index (χ1n) is 9.52. The highest BCUT2D eigenvalue weighted by atomic mass is 32.1. The Bertz CT molecular complexity index is 1080. The molecule has 4 rings (SSSR count). The molecule has 29 heavy (non-hydrogen) atoms. The topological polar surface area (TPSA) is 62.3 Å². The van der Waals surface area contributed by atoms with Gasteiger partial charge in [0.25, 0.3) is 5.91 Å². The summed E-state index contributed by atoms with van der Waals surface area (Å²) in [6.45, 7) is 2.35. The number of halogens is 1. The lowest BCUT2D eigenvalue weighted by Gasteiger charge is -2.30. The van der Waals surface area contributed by atoms with E-state index in [0.717, 1.165) is 35.3 Å². The van der Waals surface area contributed by atoms with Crippen molar-refractivity contribution in [2.45, 2.75) is 26.2 Å². The zero-order valence-electron chi connectivity index (χ0n) is 15.9. The summed E-state index contributed by atoms with van der Waals surface area (Å²) in [5.74, 6) is -0.904. The SMILES string of the molecule is CCC(=O)Nc1nc(-c2ccc3c(c2)CCCN3C(=O)c2ccccc2F)cs1. The molecule has 1 aliphatic rings. The lowest BCUT2D eigenvalue weighted by molar-refractivity contribution is -0.115. The van der Waals surface area contributed by atoms with Gasteiger partial charge in [0.2, 0.25) is 5.91 Å². The molecule has 1 aromatic heterocycles. The Labute approximate surface area is 172 Å². The summed E-state index contributed by atoms with van der Waals surface area (Å²) in [6, 6.07) is 11.9. The third kappa shape index (κ3) is 3.91. The quantitative estimate of drug-likeness (QED) is 0.667. The van der Waals surface area contributed by atoms with Crippen LogP contribution in [0.2, 0.25) is 0 Å². The highest BCUT2D eigenvalue weighted by Crippen LogP contribution is 2.33. The number of hydrogen-bond donors (Lipinski definition) is 1. The highest BCUT2D eigenvalue weighted by molar-refractivity contribution is 7.14. The summed E-state index contributed by atoms with van der Waals surface area (Å²) in [6.07, 6.45) is 2.05. The molecule has 0 spiro atoms. The van der Waals surface area contributed by atoms with Crippen molar-refractivity contribution in [3.05, 3.63) is 64.8 Å². The van der Waals surface area contributed by atoms with E-state index in [4.69, 9.17) is 0 Å². The van der Waals surface area contributed by atoms with E-state index < -0.39 is 5.82 Å². The summed E-state index contributed by atoms with van der Waals surface area (Å²) in [4.78, 5) is 30.6. The number of carbonyl (C=O) groups is 2. The average Bonchev–Trinajstić information content (AvgIpc) is 3.21. The lowest BCUT2D eigenvalue weighted by Crippen LogP contribution is -2.36. The maximum atomic E-state index is 14.1. The number of hydrogen-bond acceptors (Lipinski definition) is 4. The van der Waals surface area contributed by atoms with Gasteiger partial charge in [0, 0.05) is 29.6 Å². The van der Waals surface area contributed by atoms with Crippen LogP contribution in [0.3, 0.4) is 0 Å². The molecular formula is C22H20FN3O2S. The minimum atomic E-state index is -0.509. The summed E-state index contributed by atoms with van der Waals surface area (Å²) < 4.78 is 14.1. The normalized spacial score (nSPS) is 13.1. The third-order valence-corrected chi connectivity index (χ3v) is 5.67. The Hall–Kier alpha value is -3.06. The number of benzene rings is 2. The fourth-order valence-corrected chi connectivity index (χ4v) is 4.15. The van der Waals surface area contributed by atoms with Crippen molar-refractivity contribution in [2.75, 3.05) is 16.8 Å². The van der Waals surface area contributed by atoms with Gasteiger partial charge in [-0.3, -0.25) is 9.59 Å². The van der Waals surface area contributed by atoms with Crippen LogP contribution in [-0.2, 0) is 11.2 Å². The fourth-order valence-electron chi connectivity index (χ4n) is 3.42. The molecule has 3 aromatic rings. The molecule has 1 N–H and O–H groups in total. The van der Waals surface area contributed by atoms with Crippen molar-refractivity contribution in [3.8, 4) is 11.3 Å². The minimum Gasteiger partial charge on any atom is -0.308 e. The Morgan fingerprint density at radius 3 is 2.86 bits per heavy atom. The van der Waals surface area contributed by atoms with E-state index >= 15 is 0 Å². The first-order valence-corrected chi connectivity index (χ1v) is 10.4. The number of aryl methyl sites for hydroxylation is 1. The monoisotopic (exact) mass is 409 g/mol. The zero-order chi connectivity index (χ0) is 20.4. The van der Waals surface area contributed by atoms with Gasteiger partial charge in [-0.1, -0.05) is 25.1 Å². The van der Waals surface area contributed by atoms with E-state index in [0.29, 0.717) is 18.1 Å². The molecule has 148 valence electrons. The van der Waals surface area contributed by atoms with Crippen molar-refractivity contribution >= 4 is 34.0 Å². The molecule has 0 saturated heterocycles. The predicted octanol–water partition coefficient (Wildman–Crippen LogP) is 4.89. The summed E-state index contributed by atoms with van der Waals surface area (Å²) in [5, 5.41) is 5.24. The first kappa shape index (κ1) is 19.3. The largest absolute Gasteiger partial charge is 0.308 e. The summed E-state index contributed by atoms with van der Waals surface area (Å²) in [5.41, 5.74) is 3.63. The molecule has 0 radical (unpaired) electrons. The van der Waals surface area contributed by atoms with Crippen molar-refractivity contribution < 1.29 is 14.0 Å². The predicted molar refractivity (Wildman–Crippen MR) is 113 cm³/mol. The molecule has 2 aromatic carbocycles. The Kier molecular flexibility index (Phi) is 5.40. The first-order chi connectivity index (χ1) is 14.1. The number of fused-ring (bicyclic) bond motifs is 1. The summed E-state index contributed by atoms with van der Waals surface area (Å²) in [7, 11) is 0. The maximum absolute atomic E-state index is 14.1. The van der Waals surface area contributed by atoms with Gasteiger partial charge in [0.1, 0.15) is 5.82 Å². The standard InChI is InChI=1S/C22H20FN3O2S/c1-2-20(27)25-22-24-18(13-29-22)14-9-10-19-15(12-14)6-5-11-26(19)21(28)16-7-3-4-8-17(16)23/h3-4,7-10,12-13H,2,5-6,11H2,1H3,(H,24,25,27). The lowest BCUT2D eigenvalue weighted by atomic mass is 9.97. The van der Waals surface area contributed by atoms with Gasteiger partial charge in [-0.15, -0.1) is 11.3 Å². The molecule has 7 heteroatoms. The highest BCUT2D eigenvalue weighted by Gasteiger charge is 2.25. The van der Waals surface area contributed by atoms with Crippen LogP contribution in [0.15, 0.2) is 47.8 Å². The van der Waals surface area contributed by atoms with Crippen molar-refractivity contribution in [2.24, 2.45) is 0 Å². The van der Waals surface area contributed by atoms with Gasteiger partial charge < -0.3 is 10.2 Å². The van der Waals surface area contributed by atoms with Gasteiger partial charge in [-0.05, 0) is 42.7 Å². The molecule has 0 unspecified atom stereocenters. The number of thiazole rings is 1. The van der Waals surface area contributed by atoms with Crippen LogP contribution in [0, 0.1) is 5.82 Å². The van der Waals surface area contributed by atoms with Crippen LogP contribution < -0.4 is 10.2 Å². The Balaban J connectivity index is 1.61. The van der Waals surface area contributed by atoms with Crippen LogP contribution in [0.25, 0.3) is 11.3 Å². The molecule has 5 nitrogen and oxygen atoms in total. The van der Waals surface area contributed by atoms with E-state index in [1.54, 1.807) is 24.0 Å². The van der Waals surface area contributed by atoms with Gasteiger partial charge in [-0.2, -0.15) is 0 Å². The molecule has 0 bridgehead atoms. The van der Waals surface area contributed by atoms with Crippen molar-refractivity contribution in [1.29, 1.82) is 0 Å². The summed E-state index contributed by atoms with van der Waals surface area (Å²) >= 11 is 1.38. The molecular weight excluding hydrogens is 389 g/mol. The number of nitrogens with one attached hydrogen (secondary N) is 1. The Morgan fingerprint density at radius 1 is 1.24 bits per heavy atom. The van der Waals surface area contributed by atoms with Crippen molar-refractivity contribution in [3.63, 3.8) is 0 Å². The molecule has 0 atom stereocenters. The smallest absolute Gasteiger partial charge is 0.261 e. The van der Waals surface area contributed by atoms with Crippen molar-refractivity contribution in [1.82, 2.24) is 4.98 Å². The third-order valence-electron chi connectivity index (χ3n) is 4.91. The second-order valence-corrected chi connectivity index (χ2v) is 7.68. The fraction of sp³-hybridized carbons (Fsp3) is 0.227. The van der Waals surface area contributed by atoms with E-state index in [1.807, 2.05) is 23.6 Å². The second kappa shape index (κ2) is 8.13. The molecule has 0 fully saturated rings. The molecule has 2 amide bonds. The van der Waals surface area contributed by atoms with Crippen LogP contribution in [0.1, 0.15) is 35.7 Å². The number of anilines is 2.